The monoisotopic (exact) mass is 238 g/mol. The smallest absolute Gasteiger partial charge is 0.150 e. The van der Waals surface area contributed by atoms with Gasteiger partial charge in [-0.25, -0.2) is 0 Å². The molecule has 0 aliphatic carbocycles. The summed E-state index contributed by atoms with van der Waals surface area (Å²) in [6, 6.07) is 16.7. The Morgan fingerprint density at radius 3 is 2.22 bits per heavy atom. The normalized spacial score (nSPS) is 11.8. The summed E-state index contributed by atoms with van der Waals surface area (Å²) in [5.74, 6) is -0.330. The molecule has 2 rings (SSSR count). The van der Waals surface area contributed by atoms with E-state index in [-0.39, 0.29) is 11.7 Å². The quantitative estimate of drug-likeness (QED) is 0.766. The van der Waals surface area contributed by atoms with Crippen LogP contribution in [0.1, 0.15) is 34.3 Å². The van der Waals surface area contributed by atoms with Gasteiger partial charge < -0.3 is 0 Å². The molecule has 0 aromatic heterocycles. The van der Waals surface area contributed by atoms with E-state index < -0.39 is 0 Å². The molecule has 0 saturated carbocycles. The molecule has 2 nitrogen and oxygen atoms in total. The van der Waals surface area contributed by atoms with Crippen molar-refractivity contribution in [3.05, 3.63) is 71.3 Å². The number of Topliss-reactive ketones (excluding diaryl/α,β-unsaturated/α-hetero) is 1. The van der Waals surface area contributed by atoms with Crippen LogP contribution in [0, 0.1) is 0 Å². The minimum absolute atomic E-state index is 0.0375. The van der Waals surface area contributed by atoms with Gasteiger partial charge in [0.25, 0.3) is 0 Å². The van der Waals surface area contributed by atoms with Gasteiger partial charge >= 0.3 is 0 Å². The summed E-state index contributed by atoms with van der Waals surface area (Å²) >= 11 is 0. The van der Waals surface area contributed by atoms with E-state index in [0.717, 1.165) is 17.4 Å². The van der Waals surface area contributed by atoms with Crippen LogP contribution in [0.2, 0.25) is 0 Å². The molecule has 1 unspecified atom stereocenters. The zero-order chi connectivity index (χ0) is 13.0. The third-order valence-corrected chi connectivity index (χ3v) is 2.97. The second-order valence-electron chi connectivity index (χ2n) is 4.20. The van der Waals surface area contributed by atoms with Gasteiger partial charge in [0.15, 0.2) is 0 Å². The summed E-state index contributed by atoms with van der Waals surface area (Å²) in [6.45, 7) is 1.55. The number of carbonyl (C=O) groups is 2. The van der Waals surface area contributed by atoms with Crippen LogP contribution in [0.25, 0.3) is 0 Å². The van der Waals surface area contributed by atoms with Gasteiger partial charge in [0, 0.05) is 5.56 Å². The van der Waals surface area contributed by atoms with Crippen LogP contribution < -0.4 is 0 Å². The van der Waals surface area contributed by atoms with E-state index in [2.05, 4.69) is 0 Å². The topological polar surface area (TPSA) is 34.1 Å². The van der Waals surface area contributed by atoms with Crippen LogP contribution in [0.3, 0.4) is 0 Å². The van der Waals surface area contributed by atoms with E-state index in [0.29, 0.717) is 5.56 Å². The lowest BCUT2D eigenvalue weighted by atomic mass is 9.86. The summed E-state index contributed by atoms with van der Waals surface area (Å²) in [5, 5.41) is 0. The van der Waals surface area contributed by atoms with Crippen molar-refractivity contribution in [1.82, 2.24) is 0 Å². The third kappa shape index (κ3) is 2.38. The summed E-state index contributed by atoms with van der Waals surface area (Å²) in [4.78, 5) is 23.0. The van der Waals surface area contributed by atoms with Gasteiger partial charge in [-0.1, -0.05) is 54.6 Å². The zero-order valence-corrected chi connectivity index (χ0v) is 10.2. The Labute approximate surface area is 106 Å². The Balaban J connectivity index is 2.56. The first-order valence-corrected chi connectivity index (χ1v) is 5.83. The highest BCUT2D eigenvalue weighted by Gasteiger charge is 2.21. The molecule has 0 fully saturated rings. The first-order valence-electron chi connectivity index (χ1n) is 5.83. The number of hydrogen-bond acceptors (Lipinski definition) is 2. The Morgan fingerprint density at radius 2 is 1.61 bits per heavy atom. The van der Waals surface area contributed by atoms with Crippen molar-refractivity contribution in [2.75, 3.05) is 0 Å². The van der Waals surface area contributed by atoms with Crippen molar-refractivity contribution >= 4 is 12.1 Å². The summed E-state index contributed by atoms with van der Waals surface area (Å²) in [7, 11) is 0. The largest absolute Gasteiger partial charge is 0.299 e. The molecule has 0 radical (unpaired) electrons. The van der Waals surface area contributed by atoms with Crippen LogP contribution in [0.5, 0.6) is 0 Å². The Hall–Kier alpha value is -2.22. The maximum atomic E-state index is 11.9. The predicted octanol–water partition coefficient (Wildman–Crippen LogP) is 3.22. The minimum atomic E-state index is -0.368. The molecule has 0 aliphatic heterocycles. The van der Waals surface area contributed by atoms with Crippen molar-refractivity contribution < 1.29 is 9.59 Å². The molecule has 2 heteroatoms. The molecule has 0 saturated heterocycles. The molecule has 0 amide bonds. The second-order valence-corrected chi connectivity index (χ2v) is 4.20. The molecule has 1 atom stereocenters. The average Bonchev–Trinajstić information content (AvgIpc) is 2.40. The maximum absolute atomic E-state index is 11.9. The molecule has 0 heterocycles. The van der Waals surface area contributed by atoms with Gasteiger partial charge in [0.05, 0.1) is 5.92 Å². The molecule has 0 spiro atoms. The van der Waals surface area contributed by atoms with Crippen molar-refractivity contribution in [3.63, 3.8) is 0 Å². The number of ketones is 1. The van der Waals surface area contributed by atoms with Gasteiger partial charge in [0.1, 0.15) is 12.1 Å². The van der Waals surface area contributed by atoms with E-state index in [4.69, 9.17) is 0 Å². The van der Waals surface area contributed by atoms with Gasteiger partial charge in [0.2, 0.25) is 0 Å². The molecule has 2 aromatic rings. The van der Waals surface area contributed by atoms with Gasteiger partial charge in [-0.2, -0.15) is 0 Å². The van der Waals surface area contributed by atoms with Gasteiger partial charge in [-0.3, -0.25) is 9.59 Å². The first kappa shape index (κ1) is 12.2. The van der Waals surface area contributed by atoms with Gasteiger partial charge in [-0.15, -0.1) is 0 Å². The minimum Gasteiger partial charge on any atom is -0.299 e. The van der Waals surface area contributed by atoms with Crippen LogP contribution in [-0.2, 0) is 4.79 Å². The fourth-order valence-electron chi connectivity index (χ4n) is 2.16. The average molecular weight is 238 g/mol. The summed E-state index contributed by atoms with van der Waals surface area (Å²) < 4.78 is 0. The second kappa shape index (κ2) is 5.41. The highest BCUT2D eigenvalue weighted by atomic mass is 16.1. The highest BCUT2D eigenvalue weighted by molar-refractivity contribution is 5.90. The fourth-order valence-corrected chi connectivity index (χ4v) is 2.16. The molecule has 0 N–H and O–H groups in total. The highest BCUT2D eigenvalue weighted by Crippen LogP contribution is 2.27. The molecule has 90 valence electrons. The van der Waals surface area contributed by atoms with Crippen LogP contribution in [0.4, 0.5) is 0 Å². The lowest BCUT2D eigenvalue weighted by molar-refractivity contribution is -0.117. The standard InChI is InChI=1S/C16H14O2/c1-12(18)16(13-7-3-2-4-8-13)15-10-6-5-9-14(15)11-17/h2-11,16H,1H3. The van der Waals surface area contributed by atoms with Crippen LogP contribution in [0.15, 0.2) is 54.6 Å². The number of benzene rings is 2. The van der Waals surface area contributed by atoms with E-state index in [1.165, 1.54) is 0 Å². The number of carbonyl (C=O) groups excluding carboxylic acids is 2. The number of hydrogen-bond donors (Lipinski definition) is 0. The SMILES string of the molecule is CC(=O)C(c1ccccc1)c1ccccc1C=O. The van der Waals surface area contributed by atoms with Crippen molar-refractivity contribution in [3.8, 4) is 0 Å². The number of rotatable bonds is 4. The van der Waals surface area contributed by atoms with E-state index in [1.807, 2.05) is 42.5 Å². The van der Waals surface area contributed by atoms with Crippen molar-refractivity contribution in [1.29, 1.82) is 0 Å². The summed E-state index contributed by atoms with van der Waals surface area (Å²) in [5.41, 5.74) is 2.26. The van der Waals surface area contributed by atoms with Crippen molar-refractivity contribution in [2.45, 2.75) is 12.8 Å². The summed E-state index contributed by atoms with van der Waals surface area (Å²) in [6.07, 6.45) is 0.800. The molecular formula is C16H14O2. The first-order chi connectivity index (χ1) is 8.74. The van der Waals surface area contributed by atoms with Gasteiger partial charge in [-0.05, 0) is 18.1 Å². The lowest BCUT2D eigenvalue weighted by Crippen LogP contribution is -2.12. The van der Waals surface area contributed by atoms with Crippen LogP contribution in [-0.4, -0.2) is 12.1 Å². The molecule has 2 aromatic carbocycles. The van der Waals surface area contributed by atoms with Crippen LogP contribution >= 0.6 is 0 Å². The van der Waals surface area contributed by atoms with E-state index in [1.54, 1.807) is 19.1 Å². The number of aldehydes is 1. The maximum Gasteiger partial charge on any atom is 0.150 e. The zero-order valence-electron chi connectivity index (χ0n) is 10.2. The molecule has 18 heavy (non-hydrogen) atoms. The molecule has 0 bridgehead atoms. The van der Waals surface area contributed by atoms with E-state index >= 15 is 0 Å². The molecular weight excluding hydrogens is 224 g/mol. The van der Waals surface area contributed by atoms with E-state index in [9.17, 15) is 9.59 Å². The van der Waals surface area contributed by atoms with Crippen molar-refractivity contribution in [2.24, 2.45) is 0 Å². The fraction of sp³-hybridized carbons (Fsp3) is 0.125. The Morgan fingerprint density at radius 1 is 1.00 bits per heavy atom. The third-order valence-electron chi connectivity index (χ3n) is 2.97. The predicted molar refractivity (Wildman–Crippen MR) is 70.8 cm³/mol. The molecule has 0 aliphatic rings. The Kier molecular flexibility index (Phi) is 3.68. The lowest BCUT2D eigenvalue weighted by Gasteiger charge is -2.16. The Bertz CT molecular complexity index is 558.